The van der Waals surface area contributed by atoms with E-state index < -0.39 is 65.7 Å². The van der Waals surface area contributed by atoms with Crippen LogP contribution in [0.1, 0.15) is 59.4 Å². The minimum absolute atomic E-state index is 0.0431. The number of amides is 3. The van der Waals surface area contributed by atoms with Crippen LogP contribution in [-0.2, 0) is 39.8 Å². The zero-order valence-electron chi connectivity index (χ0n) is 29.6. The molecule has 3 heterocycles. The Balaban J connectivity index is 1.79. The normalized spacial score (nSPS) is 32.1. The fourth-order valence-corrected chi connectivity index (χ4v) is 6.78. The molecular weight excluding hydrogens is 658 g/mol. The number of ether oxygens (including phenoxy) is 5. The zero-order chi connectivity index (χ0) is 36.4. The third kappa shape index (κ3) is 8.06. The number of likely N-dealkylation sites (N-methyl/N-ethyl adjacent to an activating group) is 1. The van der Waals surface area contributed by atoms with Crippen LogP contribution in [0.4, 0.5) is 10.5 Å². The van der Waals surface area contributed by atoms with Gasteiger partial charge in [0, 0.05) is 40.0 Å². The van der Waals surface area contributed by atoms with Crippen LogP contribution in [0.5, 0.6) is 5.75 Å². The summed E-state index contributed by atoms with van der Waals surface area (Å²) in [6.07, 6.45) is 1.22. The van der Waals surface area contributed by atoms with E-state index in [9.17, 15) is 24.3 Å². The van der Waals surface area contributed by atoms with Crippen LogP contribution in [0.2, 0.25) is 5.02 Å². The standard InChI is InChI=1S/C35H48ClN3O10/c1-10-28(40)38(6)21(4)32(42)48-27-17-29(41)39(7)23-15-22(16-24(45-8)30(23)36)14-19(2)12-11-13-26(46-9)35(44)18-25(47-33(43)37-35)20(3)31-34(27,5)49-31/h11-13,15-16,20-21,25-27,31,44H,10,14,17-18H2,1-9H3,(H,37,43)/b13-11?,19-12-/t20-,21+,25+,26-,27?,31+,34+,35+/m1/s1. The van der Waals surface area contributed by atoms with E-state index in [4.69, 9.17) is 35.3 Å². The number of methoxy groups -OCH3 is 2. The van der Waals surface area contributed by atoms with E-state index >= 15 is 0 Å². The number of rotatable bonds is 6. The molecule has 0 saturated carbocycles. The molecule has 270 valence electrons. The molecule has 0 spiro atoms. The number of hydrogen-bond acceptors (Lipinski definition) is 10. The minimum Gasteiger partial charge on any atom is -0.495 e. The molecule has 1 unspecified atom stereocenters. The molecule has 14 heteroatoms. The first-order valence-electron chi connectivity index (χ1n) is 16.3. The summed E-state index contributed by atoms with van der Waals surface area (Å²) in [5.74, 6) is -1.53. The quantitative estimate of drug-likeness (QED) is 0.329. The van der Waals surface area contributed by atoms with E-state index in [0.717, 1.165) is 11.1 Å². The van der Waals surface area contributed by atoms with Crippen molar-refractivity contribution >= 4 is 41.2 Å². The summed E-state index contributed by atoms with van der Waals surface area (Å²) in [6.45, 7) is 8.68. The predicted molar refractivity (Wildman–Crippen MR) is 181 cm³/mol. The summed E-state index contributed by atoms with van der Waals surface area (Å²) < 4.78 is 29.0. The fraction of sp³-hybridized carbons (Fsp3) is 0.600. The molecule has 8 atom stereocenters. The Morgan fingerprint density at radius 1 is 1.27 bits per heavy atom. The Morgan fingerprint density at radius 2 is 1.96 bits per heavy atom. The van der Waals surface area contributed by atoms with Gasteiger partial charge in [-0.3, -0.25) is 14.9 Å². The number of epoxide rings is 1. The smallest absolute Gasteiger partial charge is 0.409 e. The molecule has 49 heavy (non-hydrogen) atoms. The van der Waals surface area contributed by atoms with Gasteiger partial charge in [-0.15, -0.1) is 0 Å². The van der Waals surface area contributed by atoms with Crippen LogP contribution in [-0.4, -0.2) is 104 Å². The summed E-state index contributed by atoms with van der Waals surface area (Å²) in [4.78, 5) is 55.3. The van der Waals surface area contributed by atoms with Crippen molar-refractivity contribution in [1.29, 1.82) is 0 Å². The Kier molecular flexibility index (Phi) is 11.7. The predicted octanol–water partition coefficient (Wildman–Crippen LogP) is 3.92. The van der Waals surface area contributed by atoms with Crippen molar-refractivity contribution in [2.45, 2.75) is 102 Å². The van der Waals surface area contributed by atoms with Gasteiger partial charge in [0.15, 0.2) is 5.72 Å². The Morgan fingerprint density at radius 3 is 2.59 bits per heavy atom. The van der Waals surface area contributed by atoms with Gasteiger partial charge in [0.05, 0.1) is 25.3 Å². The number of benzene rings is 1. The van der Waals surface area contributed by atoms with Gasteiger partial charge < -0.3 is 38.6 Å². The number of carbonyl (C=O) groups is 4. The fourth-order valence-electron chi connectivity index (χ4n) is 6.47. The van der Waals surface area contributed by atoms with Gasteiger partial charge in [-0.25, -0.2) is 9.59 Å². The number of alkyl carbamates (subject to hydrolysis) is 1. The maximum Gasteiger partial charge on any atom is 0.409 e. The lowest BCUT2D eigenvalue weighted by molar-refractivity contribution is -0.162. The van der Waals surface area contributed by atoms with E-state index in [0.29, 0.717) is 17.9 Å². The molecule has 0 aromatic heterocycles. The summed E-state index contributed by atoms with van der Waals surface area (Å²) in [7, 11) is 6.01. The SMILES string of the molecule is CCC(=O)N(C)[C@@H](C)C(=O)OC1CC(=O)N(C)c2cc(cc(OC)c2Cl)C/C(C)=C\C=C[C@@H](OC)[C@@]2(O)C[C@H](OC(=O)N2)[C@@H](C)[C@@H]2O[C@@]12C. The van der Waals surface area contributed by atoms with Crippen molar-refractivity contribution in [3.63, 3.8) is 0 Å². The largest absolute Gasteiger partial charge is 0.495 e. The number of carbonyl (C=O) groups excluding carboxylic acids is 4. The maximum atomic E-state index is 14.0. The van der Waals surface area contributed by atoms with E-state index in [1.165, 1.54) is 31.1 Å². The van der Waals surface area contributed by atoms with Crippen LogP contribution in [0, 0.1) is 5.92 Å². The Hall–Kier alpha value is -3.65. The molecule has 4 bridgehead atoms. The summed E-state index contributed by atoms with van der Waals surface area (Å²) in [6, 6.07) is 2.64. The van der Waals surface area contributed by atoms with E-state index in [2.05, 4.69) is 5.32 Å². The van der Waals surface area contributed by atoms with Crippen LogP contribution >= 0.6 is 11.6 Å². The average molecular weight is 706 g/mol. The zero-order valence-corrected chi connectivity index (χ0v) is 30.3. The first-order chi connectivity index (χ1) is 23.0. The molecule has 3 amide bonds. The number of anilines is 1. The molecule has 13 nitrogen and oxygen atoms in total. The van der Waals surface area contributed by atoms with Gasteiger partial charge in [0.2, 0.25) is 11.8 Å². The molecule has 4 rings (SSSR count). The van der Waals surface area contributed by atoms with Crippen molar-refractivity contribution in [2.24, 2.45) is 5.92 Å². The summed E-state index contributed by atoms with van der Waals surface area (Å²) in [5.41, 5.74) is -0.870. The molecule has 2 saturated heterocycles. The van der Waals surface area contributed by atoms with Crippen LogP contribution < -0.4 is 15.0 Å². The number of nitrogens with one attached hydrogen (secondary N) is 1. The van der Waals surface area contributed by atoms with Gasteiger partial charge in [0.25, 0.3) is 0 Å². The van der Waals surface area contributed by atoms with Gasteiger partial charge in [-0.05, 0) is 44.9 Å². The van der Waals surface area contributed by atoms with Crippen molar-refractivity contribution < 1.29 is 48.0 Å². The molecule has 0 aliphatic carbocycles. The van der Waals surface area contributed by atoms with E-state index in [1.54, 1.807) is 59.0 Å². The van der Waals surface area contributed by atoms with Crippen LogP contribution in [0.15, 0.2) is 35.9 Å². The van der Waals surface area contributed by atoms with Gasteiger partial charge in [-0.2, -0.15) is 0 Å². The van der Waals surface area contributed by atoms with E-state index in [-0.39, 0.29) is 30.2 Å². The number of allylic oxidation sites excluding steroid dienone is 3. The number of halogens is 1. The Bertz CT molecular complexity index is 1520. The van der Waals surface area contributed by atoms with Crippen molar-refractivity contribution in [3.8, 4) is 5.75 Å². The maximum absolute atomic E-state index is 14.0. The van der Waals surface area contributed by atoms with Crippen molar-refractivity contribution in [1.82, 2.24) is 10.2 Å². The molecule has 3 aliphatic heterocycles. The minimum atomic E-state index is -1.82. The van der Waals surface area contributed by atoms with Crippen molar-refractivity contribution in [2.75, 3.05) is 33.2 Å². The molecule has 1 aromatic rings. The van der Waals surface area contributed by atoms with Gasteiger partial charge in [-0.1, -0.05) is 49.2 Å². The lowest BCUT2D eigenvalue weighted by Gasteiger charge is -2.42. The highest BCUT2D eigenvalue weighted by Crippen LogP contribution is 2.49. The van der Waals surface area contributed by atoms with Crippen molar-refractivity contribution in [3.05, 3.63) is 46.5 Å². The first-order valence-corrected chi connectivity index (χ1v) is 16.7. The highest BCUT2D eigenvalue weighted by Gasteiger charge is 2.64. The number of esters is 1. The molecule has 0 radical (unpaired) electrons. The third-order valence-corrected chi connectivity index (χ3v) is 10.2. The Labute approximate surface area is 292 Å². The first kappa shape index (κ1) is 38.2. The summed E-state index contributed by atoms with van der Waals surface area (Å²) >= 11 is 6.72. The number of hydrogen-bond donors (Lipinski definition) is 2. The highest BCUT2D eigenvalue weighted by molar-refractivity contribution is 6.35. The molecule has 3 aliphatic rings. The topological polar surface area (TPSA) is 156 Å². The van der Waals surface area contributed by atoms with E-state index in [1.807, 2.05) is 13.0 Å². The molecule has 2 fully saturated rings. The number of nitrogens with zero attached hydrogens (tertiary/aromatic N) is 2. The van der Waals surface area contributed by atoms with Gasteiger partial charge >= 0.3 is 12.1 Å². The molecule has 2 N–H and O–H groups in total. The van der Waals surface area contributed by atoms with Crippen LogP contribution in [0.3, 0.4) is 0 Å². The lowest BCUT2D eigenvalue weighted by atomic mass is 9.83. The monoisotopic (exact) mass is 705 g/mol. The molecule has 1 aromatic carbocycles. The number of aliphatic hydroxyl groups is 1. The second-order valence-electron chi connectivity index (χ2n) is 13.3. The molecular formula is C35H48ClN3O10. The lowest BCUT2D eigenvalue weighted by Crippen LogP contribution is -2.63. The number of fused-ring (bicyclic) bond motifs is 5. The van der Waals surface area contributed by atoms with Gasteiger partial charge in [0.1, 0.15) is 40.7 Å². The highest BCUT2D eigenvalue weighted by atomic mass is 35.5. The third-order valence-electron chi connectivity index (χ3n) is 9.83. The second-order valence-corrected chi connectivity index (χ2v) is 13.6. The second kappa shape index (κ2) is 15.1. The van der Waals surface area contributed by atoms with Crippen LogP contribution in [0.25, 0.3) is 0 Å². The average Bonchev–Trinajstić information content (AvgIpc) is 3.76. The summed E-state index contributed by atoms with van der Waals surface area (Å²) in [5, 5.41) is 14.4.